The van der Waals surface area contributed by atoms with Gasteiger partial charge in [-0.3, -0.25) is 4.79 Å². The number of carbonyl (C=O) groups is 1. The maximum atomic E-state index is 12.1. The SMILES string of the molecule is CCC(C)C(N)C(=O)Nc1ccc(-c2nc3ccccc3[nH]2)cc1. The second kappa shape index (κ2) is 6.84. The molecule has 0 radical (unpaired) electrons. The van der Waals surface area contributed by atoms with Crippen molar-refractivity contribution < 1.29 is 4.79 Å². The van der Waals surface area contributed by atoms with Gasteiger partial charge in [0.2, 0.25) is 5.91 Å². The Bertz CT molecular complexity index is 805. The number of benzene rings is 2. The number of nitrogens with one attached hydrogen (secondary N) is 2. The summed E-state index contributed by atoms with van der Waals surface area (Å²) >= 11 is 0. The van der Waals surface area contributed by atoms with Crippen LogP contribution in [0.1, 0.15) is 20.3 Å². The van der Waals surface area contributed by atoms with Gasteiger partial charge in [-0.05, 0) is 42.3 Å². The molecule has 3 aromatic rings. The highest BCUT2D eigenvalue weighted by Gasteiger charge is 2.19. The van der Waals surface area contributed by atoms with E-state index in [1.807, 2.05) is 62.4 Å². The van der Waals surface area contributed by atoms with Gasteiger partial charge in [0.1, 0.15) is 5.82 Å². The molecule has 0 aliphatic carbocycles. The molecule has 5 nitrogen and oxygen atoms in total. The van der Waals surface area contributed by atoms with E-state index in [4.69, 9.17) is 5.73 Å². The number of aromatic nitrogens is 2. The number of rotatable bonds is 5. The third-order valence-corrected chi connectivity index (χ3v) is 4.38. The first kappa shape index (κ1) is 16.2. The smallest absolute Gasteiger partial charge is 0.241 e. The minimum atomic E-state index is -0.495. The lowest BCUT2D eigenvalue weighted by atomic mass is 9.99. The predicted octanol–water partition coefficient (Wildman–Crippen LogP) is 3.54. The molecule has 0 saturated heterocycles. The zero-order valence-electron chi connectivity index (χ0n) is 13.9. The summed E-state index contributed by atoms with van der Waals surface area (Å²) < 4.78 is 0. The molecule has 0 bridgehead atoms. The van der Waals surface area contributed by atoms with Gasteiger partial charge in [-0.25, -0.2) is 4.98 Å². The van der Waals surface area contributed by atoms with E-state index in [2.05, 4.69) is 15.3 Å². The molecule has 1 aromatic heterocycles. The fourth-order valence-corrected chi connectivity index (χ4v) is 2.54. The molecule has 0 aliphatic rings. The number of para-hydroxylation sites is 2. The Morgan fingerprint density at radius 1 is 1.21 bits per heavy atom. The molecule has 3 rings (SSSR count). The summed E-state index contributed by atoms with van der Waals surface area (Å²) in [7, 11) is 0. The number of aromatic amines is 1. The highest BCUT2D eigenvalue weighted by molar-refractivity contribution is 5.95. The average molecular weight is 322 g/mol. The molecule has 2 aromatic carbocycles. The Hall–Kier alpha value is -2.66. The Kier molecular flexibility index (Phi) is 4.62. The van der Waals surface area contributed by atoms with Crippen LogP contribution in [0.4, 0.5) is 5.69 Å². The molecule has 2 unspecified atom stereocenters. The zero-order valence-corrected chi connectivity index (χ0v) is 13.9. The lowest BCUT2D eigenvalue weighted by Gasteiger charge is -2.17. The first-order valence-electron chi connectivity index (χ1n) is 8.20. The zero-order chi connectivity index (χ0) is 17.1. The molecule has 0 spiro atoms. The summed E-state index contributed by atoms with van der Waals surface area (Å²) in [5, 5.41) is 2.87. The van der Waals surface area contributed by atoms with E-state index in [0.29, 0.717) is 0 Å². The average Bonchev–Trinajstić information content (AvgIpc) is 3.05. The summed E-state index contributed by atoms with van der Waals surface area (Å²) in [4.78, 5) is 20.0. The standard InChI is InChI=1S/C19H22N4O/c1-3-12(2)17(20)19(24)21-14-10-8-13(9-11-14)18-22-15-6-4-5-7-16(15)23-18/h4-12,17H,3,20H2,1-2H3,(H,21,24)(H,22,23). The molecule has 5 heteroatoms. The summed E-state index contributed by atoms with van der Waals surface area (Å²) in [5.74, 6) is 0.811. The molecule has 24 heavy (non-hydrogen) atoms. The summed E-state index contributed by atoms with van der Waals surface area (Å²) in [6, 6.07) is 15.0. The van der Waals surface area contributed by atoms with Crippen molar-refractivity contribution >= 4 is 22.6 Å². The number of nitrogens with two attached hydrogens (primary N) is 1. The highest BCUT2D eigenvalue weighted by Crippen LogP contribution is 2.22. The molecule has 0 aliphatic heterocycles. The van der Waals surface area contributed by atoms with E-state index < -0.39 is 6.04 Å². The number of imidazole rings is 1. The maximum Gasteiger partial charge on any atom is 0.241 e. The van der Waals surface area contributed by atoms with Gasteiger partial charge in [0.25, 0.3) is 0 Å². The topological polar surface area (TPSA) is 83.8 Å². The van der Waals surface area contributed by atoms with Crippen molar-refractivity contribution in [2.45, 2.75) is 26.3 Å². The summed E-state index contributed by atoms with van der Waals surface area (Å²) in [6.07, 6.45) is 0.875. The van der Waals surface area contributed by atoms with Crippen LogP contribution >= 0.6 is 0 Å². The van der Waals surface area contributed by atoms with Crippen LogP contribution in [0.15, 0.2) is 48.5 Å². The van der Waals surface area contributed by atoms with Crippen molar-refractivity contribution in [1.29, 1.82) is 0 Å². The Morgan fingerprint density at radius 2 is 1.92 bits per heavy atom. The van der Waals surface area contributed by atoms with Crippen LogP contribution in [0.2, 0.25) is 0 Å². The third-order valence-electron chi connectivity index (χ3n) is 4.38. The minimum absolute atomic E-state index is 0.152. The Balaban J connectivity index is 1.74. The monoisotopic (exact) mass is 322 g/mol. The molecular weight excluding hydrogens is 300 g/mol. The quantitative estimate of drug-likeness (QED) is 0.672. The van der Waals surface area contributed by atoms with E-state index in [0.717, 1.165) is 34.5 Å². The number of carbonyl (C=O) groups excluding carboxylic acids is 1. The fourth-order valence-electron chi connectivity index (χ4n) is 2.54. The number of hydrogen-bond acceptors (Lipinski definition) is 3. The largest absolute Gasteiger partial charge is 0.338 e. The molecule has 0 saturated carbocycles. The van der Waals surface area contributed by atoms with E-state index in [-0.39, 0.29) is 11.8 Å². The van der Waals surface area contributed by atoms with Crippen molar-refractivity contribution in [3.05, 3.63) is 48.5 Å². The van der Waals surface area contributed by atoms with E-state index >= 15 is 0 Å². The third kappa shape index (κ3) is 3.31. The lowest BCUT2D eigenvalue weighted by molar-refractivity contribution is -0.118. The van der Waals surface area contributed by atoms with E-state index in [9.17, 15) is 4.79 Å². The van der Waals surface area contributed by atoms with Crippen LogP contribution < -0.4 is 11.1 Å². The molecule has 124 valence electrons. The molecule has 1 heterocycles. The van der Waals surface area contributed by atoms with Crippen LogP contribution in [0.3, 0.4) is 0 Å². The van der Waals surface area contributed by atoms with Crippen LogP contribution in [-0.4, -0.2) is 21.9 Å². The van der Waals surface area contributed by atoms with Gasteiger partial charge in [-0.1, -0.05) is 32.4 Å². The van der Waals surface area contributed by atoms with Crippen molar-refractivity contribution in [2.24, 2.45) is 11.7 Å². The van der Waals surface area contributed by atoms with Crippen molar-refractivity contribution in [2.75, 3.05) is 5.32 Å². The lowest BCUT2D eigenvalue weighted by Crippen LogP contribution is -2.40. The van der Waals surface area contributed by atoms with Crippen LogP contribution in [0.25, 0.3) is 22.4 Å². The second-order valence-corrected chi connectivity index (χ2v) is 6.08. The highest BCUT2D eigenvalue weighted by atomic mass is 16.2. The van der Waals surface area contributed by atoms with Gasteiger partial charge in [0.15, 0.2) is 0 Å². The van der Waals surface area contributed by atoms with Crippen molar-refractivity contribution in [3.63, 3.8) is 0 Å². The maximum absolute atomic E-state index is 12.1. The molecule has 1 amide bonds. The summed E-state index contributed by atoms with van der Waals surface area (Å²) in [5.41, 5.74) is 9.60. The summed E-state index contributed by atoms with van der Waals surface area (Å²) in [6.45, 7) is 4.01. The first-order chi connectivity index (χ1) is 11.6. The van der Waals surface area contributed by atoms with Crippen molar-refractivity contribution in [3.8, 4) is 11.4 Å². The number of anilines is 1. The van der Waals surface area contributed by atoms with E-state index in [1.54, 1.807) is 0 Å². The van der Waals surface area contributed by atoms with Crippen LogP contribution in [0.5, 0.6) is 0 Å². The number of H-pyrrole nitrogens is 1. The molecule has 4 N–H and O–H groups in total. The van der Waals surface area contributed by atoms with Crippen molar-refractivity contribution in [1.82, 2.24) is 9.97 Å². The Morgan fingerprint density at radius 3 is 2.58 bits per heavy atom. The van der Waals surface area contributed by atoms with Gasteiger partial charge < -0.3 is 16.0 Å². The van der Waals surface area contributed by atoms with Gasteiger partial charge >= 0.3 is 0 Å². The van der Waals surface area contributed by atoms with Crippen LogP contribution in [-0.2, 0) is 4.79 Å². The number of amides is 1. The predicted molar refractivity (Wildman–Crippen MR) is 97.6 cm³/mol. The Labute approximate surface area is 141 Å². The van der Waals surface area contributed by atoms with Gasteiger partial charge in [0.05, 0.1) is 17.1 Å². The molecule has 0 fully saturated rings. The number of nitrogens with zero attached hydrogens (tertiary/aromatic N) is 1. The number of fused-ring (bicyclic) bond motifs is 1. The number of hydrogen-bond donors (Lipinski definition) is 3. The van der Waals surface area contributed by atoms with Gasteiger partial charge in [0, 0.05) is 11.3 Å². The minimum Gasteiger partial charge on any atom is -0.338 e. The normalized spacial score (nSPS) is 13.6. The molecular formula is C19H22N4O. The van der Waals surface area contributed by atoms with Gasteiger partial charge in [-0.2, -0.15) is 0 Å². The van der Waals surface area contributed by atoms with Gasteiger partial charge in [-0.15, -0.1) is 0 Å². The van der Waals surface area contributed by atoms with Crippen LogP contribution in [0, 0.1) is 5.92 Å². The van der Waals surface area contributed by atoms with E-state index in [1.165, 1.54) is 0 Å². The first-order valence-corrected chi connectivity index (χ1v) is 8.20. The second-order valence-electron chi connectivity index (χ2n) is 6.08. The molecule has 2 atom stereocenters. The fraction of sp³-hybridized carbons (Fsp3) is 0.263.